The molecular weight excluding hydrogens is 302 g/mol. The third-order valence-electron chi connectivity index (χ3n) is 3.84. The van der Waals surface area contributed by atoms with Crippen LogP contribution in [0.25, 0.3) is 0 Å². The van der Waals surface area contributed by atoms with E-state index in [0.29, 0.717) is 13.1 Å². The van der Waals surface area contributed by atoms with Crippen molar-refractivity contribution >= 4 is 5.91 Å². The van der Waals surface area contributed by atoms with Crippen molar-refractivity contribution in [3.63, 3.8) is 0 Å². The molecular formula is C19H25N3O2. The molecule has 0 aliphatic carbocycles. The summed E-state index contributed by atoms with van der Waals surface area (Å²) in [5.74, 6) is 0.902. The normalized spacial score (nSPS) is 10.6. The van der Waals surface area contributed by atoms with Gasteiger partial charge in [-0.05, 0) is 55.3 Å². The third-order valence-corrected chi connectivity index (χ3v) is 3.84. The fourth-order valence-electron chi connectivity index (χ4n) is 2.39. The fourth-order valence-corrected chi connectivity index (χ4v) is 2.39. The Morgan fingerprint density at radius 2 is 1.75 bits per heavy atom. The van der Waals surface area contributed by atoms with Crippen LogP contribution in [-0.2, 0) is 17.6 Å². The number of pyridine rings is 1. The molecule has 1 aromatic heterocycles. The van der Waals surface area contributed by atoms with Gasteiger partial charge < -0.3 is 10.1 Å². The van der Waals surface area contributed by atoms with Gasteiger partial charge in [0.15, 0.2) is 0 Å². The Hall–Kier alpha value is -2.40. The first-order valence-electron chi connectivity index (χ1n) is 8.14. The number of carbonyl (C=O) groups is 1. The molecule has 128 valence electrons. The number of likely N-dealkylation sites (N-methyl/N-ethyl adjacent to an activating group) is 1. The highest BCUT2D eigenvalue weighted by molar-refractivity contribution is 5.77. The Morgan fingerprint density at radius 3 is 2.42 bits per heavy atom. The zero-order valence-electron chi connectivity index (χ0n) is 14.4. The lowest BCUT2D eigenvalue weighted by atomic mass is 10.1. The van der Waals surface area contributed by atoms with E-state index in [1.165, 1.54) is 11.1 Å². The molecule has 1 amide bonds. The van der Waals surface area contributed by atoms with Gasteiger partial charge in [0.1, 0.15) is 5.75 Å². The van der Waals surface area contributed by atoms with Gasteiger partial charge in [-0.3, -0.25) is 14.7 Å². The molecule has 1 aromatic carbocycles. The maximum Gasteiger partial charge on any atom is 0.234 e. The zero-order chi connectivity index (χ0) is 17.2. The number of hydrogen-bond acceptors (Lipinski definition) is 4. The van der Waals surface area contributed by atoms with Crippen molar-refractivity contribution in [3.05, 3.63) is 59.9 Å². The number of aromatic nitrogens is 1. The Balaban J connectivity index is 1.63. The molecule has 5 heteroatoms. The van der Waals surface area contributed by atoms with Gasteiger partial charge in [-0.2, -0.15) is 0 Å². The van der Waals surface area contributed by atoms with E-state index in [1.807, 2.05) is 48.3 Å². The molecule has 0 spiro atoms. The fraction of sp³-hybridized carbons (Fsp3) is 0.368. The number of amides is 1. The summed E-state index contributed by atoms with van der Waals surface area (Å²) in [5, 5.41) is 2.97. The highest BCUT2D eigenvalue weighted by atomic mass is 16.5. The van der Waals surface area contributed by atoms with Crippen LogP contribution < -0.4 is 10.1 Å². The number of nitrogens with zero attached hydrogens (tertiary/aromatic N) is 2. The molecule has 2 rings (SSSR count). The van der Waals surface area contributed by atoms with Crippen LogP contribution in [0.15, 0.2) is 48.8 Å². The molecule has 0 radical (unpaired) electrons. The van der Waals surface area contributed by atoms with Gasteiger partial charge in [0, 0.05) is 25.5 Å². The summed E-state index contributed by atoms with van der Waals surface area (Å²) in [6.45, 7) is 1.90. The average molecular weight is 327 g/mol. The van der Waals surface area contributed by atoms with Crippen molar-refractivity contribution in [3.8, 4) is 5.75 Å². The lowest BCUT2D eigenvalue weighted by Crippen LogP contribution is -2.36. The molecule has 2 aromatic rings. The van der Waals surface area contributed by atoms with Gasteiger partial charge in [-0.25, -0.2) is 0 Å². The molecule has 24 heavy (non-hydrogen) atoms. The van der Waals surface area contributed by atoms with E-state index in [-0.39, 0.29) is 5.91 Å². The summed E-state index contributed by atoms with van der Waals surface area (Å²) in [5.41, 5.74) is 2.42. The van der Waals surface area contributed by atoms with Crippen LogP contribution >= 0.6 is 0 Å². The smallest absolute Gasteiger partial charge is 0.234 e. The molecule has 0 aliphatic rings. The Bertz CT molecular complexity index is 614. The number of hydrogen-bond donors (Lipinski definition) is 1. The highest BCUT2D eigenvalue weighted by Crippen LogP contribution is 2.11. The minimum Gasteiger partial charge on any atom is -0.497 e. The summed E-state index contributed by atoms with van der Waals surface area (Å²) in [6, 6.07) is 11.9. The van der Waals surface area contributed by atoms with Crippen molar-refractivity contribution in [2.75, 3.05) is 33.8 Å². The highest BCUT2D eigenvalue weighted by Gasteiger charge is 2.06. The SMILES string of the molecule is COc1ccc(CCNC(=O)CN(C)CCc2ccncc2)cc1. The molecule has 0 saturated heterocycles. The molecule has 0 bridgehead atoms. The number of ether oxygens (including phenoxy) is 1. The minimum atomic E-state index is 0.0562. The summed E-state index contributed by atoms with van der Waals surface area (Å²) < 4.78 is 5.13. The van der Waals surface area contributed by atoms with Gasteiger partial charge in [0.25, 0.3) is 0 Å². The van der Waals surface area contributed by atoms with E-state index in [9.17, 15) is 4.79 Å². The number of nitrogens with one attached hydrogen (secondary N) is 1. The number of methoxy groups -OCH3 is 1. The van der Waals surface area contributed by atoms with Gasteiger partial charge in [-0.1, -0.05) is 12.1 Å². The van der Waals surface area contributed by atoms with Crippen LogP contribution in [0.3, 0.4) is 0 Å². The molecule has 0 unspecified atom stereocenters. The lowest BCUT2D eigenvalue weighted by molar-refractivity contribution is -0.121. The summed E-state index contributed by atoms with van der Waals surface area (Å²) in [7, 11) is 3.62. The lowest BCUT2D eigenvalue weighted by Gasteiger charge is -2.16. The second-order valence-electron chi connectivity index (χ2n) is 5.79. The summed E-state index contributed by atoms with van der Waals surface area (Å²) in [6.07, 6.45) is 5.32. The third kappa shape index (κ3) is 6.38. The van der Waals surface area contributed by atoms with E-state index in [0.717, 1.165) is 25.1 Å². The molecule has 5 nitrogen and oxygen atoms in total. The minimum absolute atomic E-state index is 0.0562. The van der Waals surface area contributed by atoms with Crippen molar-refractivity contribution in [1.29, 1.82) is 0 Å². The largest absolute Gasteiger partial charge is 0.497 e. The zero-order valence-corrected chi connectivity index (χ0v) is 14.4. The van der Waals surface area contributed by atoms with E-state index >= 15 is 0 Å². The quantitative estimate of drug-likeness (QED) is 0.764. The van der Waals surface area contributed by atoms with Crippen LogP contribution in [0.5, 0.6) is 5.75 Å². The Morgan fingerprint density at radius 1 is 1.08 bits per heavy atom. The van der Waals surface area contributed by atoms with Crippen LogP contribution in [0, 0.1) is 0 Å². The summed E-state index contributed by atoms with van der Waals surface area (Å²) in [4.78, 5) is 18.0. The van der Waals surface area contributed by atoms with E-state index in [2.05, 4.69) is 10.3 Å². The maximum absolute atomic E-state index is 12.0. The van der Waals surface area contributed by atoms with Crippen molar-refractivity contribution < 1.29 is 9.53 Å². The van der Waals surface area contributed by atoms with Crippen LogP contribution in [0.2, 0.25) is 0 Å². The van der Waals surface area contributed by atoms with Gasteiger partial charge in [-0.15, -0.1) is 0 Å². The van der Waals surface area contributed by atoms with Crippen LogP contribution in [-0.4, -0.2) is 49.6 Å². The van der Waals surface area contributed by atoms with Crippen LogP contribution in [0.4, 0.5) is 0 Å². The first-order valence-corrected chi connectivity index (χ1v) is 8.14. The summed E-state index contributed by atoms with van der Waals surface area (Å²) >= 11 is 0. The molecule has 0 aliphatic heterocycles. The van der Waals surface area contributed by atoms with E-state index in [1.54, 1.807) is 19.5 Å². The van der Waals surface area contributed by atoms with Crippen molar-refractivity contribution in [2.24, 2.45) is 0 Å². The molecule has 0 atom stereocenters. The topological polar surface area (TPSA) is 54.5 Å². The average Bonchev–Trinajstić information content (AvgIpc) is 2.61. The Labute approximate surface area is 143 Å². The molecule has 1 N–H and O–H groups in total. The van der Waals surface area contributed by atoms with Crippen molar-refractivity contribution in [1.82, 2.24) is 15.2 Å². The second-order valence-corrected chi connectivity index (χ2v) is 5.79. The monoisotopic (exact) mass is 327 g/mol. The molecule has 1 heterocycles. The number of rotatable bonds is 9. The predicted octanol–water partition coefficient (Wildman–Crippen LogP) is 1.92. The predicted molar refractivity (Wildman–Crippen MR) is 95.1 cm³/mol. The number of carbonyl (C=O) groups excluding carboxylic acids is 1. The second kappa shape index (κ2) is 9.67. The maximum atomic E-state index is 12.0. The first-order chi connectivity index (χ1) is 11.7. The molecule has 0 fully saturated rings. The molecule has 0 saturated carbocycles. The Kier molecular flexibility index (Phi) is 7.23. The number of benzene rings is 1. The van der Waals surface area contributed by atoms with E-state index in [4.69, 9.17) is 4.74 Å². The van der Waals surface area contributed by atoms with Gasteiger partial charge >= 0.3 is 0 Å². The standard InChI is InChI=1S/C19H25N3O2/c1-22(14-10-17-7-11-20-12-8-17)15-19(23)21-13-9-16-3-5-18(24-2)6-4-16/h3-8,11-12H,9-10,13-15H2,1-2H3,(H,21,23). The van der Waals surface area contributed by atoms with E-state index < -0.39 is 0 Å². The van der Waals surface area contributed by atoms with Gasteiger partial charge in [0.05, 0.1) is 13.7 Å². The van der Waals surface area contributed by atoms with Crippen LogP contribution in [0.1, 0.15) is 11.1 Å². The van der Waals surface area contributed by atoms with Gasteiger partial charge in [0.2, 0.25) is 5.91 Å². The first kappa shape index (κ1) is 17.9. The van der Waals surface area contributed by atoms with Crippen molar-refractivity contribution in [2.45, 2.75) is 12.8 Å².